The molecule has 0 spiro atoms. The molecule has 0 radical (unpaired) electrons. The minimum absolute atomic E-state index is 0.0755. The first-order chi connectivity index (χ1) is 8.61. The predicted molar refractivity (Wildman–Crippen MR) is 63.4 cm³/mol. The molecule has 0 aliphatic heterocycles. The van der Waals surface area contributed by atoms with E-state index in [2.05, 4.69) is 15.9 Å². The van der Waals surface area contributed by atoms with Crippen LogP contribution in [0.25, 0.3) is 0 Å². The third-order valence-electron chi connectivity index (χ3n) is 2.27. The van der Waals surface area contributed by atoms with Crippen molar-refractivity contribution in [1.29, 1.82) is 0 Å². The van der Waals surface area contributed by atoms with Gasteiger partial charge in [0.05, 0.1) is 16.9 Å². The molecule has 0 saturated carbocycles. The maximum atomic E-state index is 13.4. The Kier molecular flexibility index (Phi) is 3.24. The topological polar surface area (TPSA) is 93.2 Å². The number of anilines is 2. The molecule has 1 aromatic heterocycles. The van der Waals surface area contributed by atoms with E-state index in [4.69, 9.17) is 10.4 Å². The van der Waals surface area contributed by atoms with Crippen molar-refractivity contribution in [1.82, 2.24) is 5.16 Å². The van der Waals surface area contributed by atoms with Gasteiger partial charge in [0.2, 0.25) is 5.88 Å². The Labute approximate surface area is 102 Å². The monoisotopic (exact) mass is 250 g/mol. The first kappa shape index (κ1) is 12.1. The largest absolute Gasteiger partial charge is 0.338 e. The Balaban J connectivity index is 2.26. The summed E-state index contributed by atoms with van der Waals surface area (Å²) < 4.78 is 18.2. The van der Waals surface area contributed by atoms with Crippen molar-refractivity contribution in [3.05, 3.63) is 41.3 Å². The molecule has 1 heterocycles. The number of hydrogen-bond donors (Lipinski definition) is 3. The Morgan fingerprint density at radius 2 is 2.28 bits per heavy atom. The first-order valence-electron chi connectivity index (χ1n) is 5.11. The standard InChI is InChI=1S/C11H11FN4O2/c1-6-5-9(18-16-6)14-11(17)7-3-2-4-8(12)10(7)15-13/h2-5,15H,13H2,1H3,(H,14,17). The third kappa shape index (κ3) is 2.30. The molecule has 6 nitrogen and oxygen atoms in total. The zero-order chi connectivity index (χ0) is 13.1. The maximum absolute atomic E-state index is 13.4. The number of aryl methyl sites for hydroxylation is 1. The lowest BCUT2D eigenvalue weighted by Crippen LogP contribution is -2.18. The zero-order valence-electron chi connectivity index (χ0n) is 9.53. The van der Waals surface area contributed by atoms with Crippen LogP contribution in [0.4, 0.5) is 16.0 Å². The summed E-state index contributed by atoms with van der Waals surface area (Å²) in [5.74, 6) is 4.21. The summed E-state index contributed by atoms with van der Waals surface area (Å²) in [6.45, 7) is 1.72. The minimum atomic E-state index is -0.612. The number of nitrogen functional groups attached to an aromatic ring is 1. The zero-order valence-corrected chi connectivity index (χ0v) is 9.53. The van der Waals surface area contributed by atoms with E-state index in [1.807, 2.05) is 0 Å². The van der Waals surface area contributed by atoms with E-state index in [9.17, 15) is 9.18 Å². The maximum Gasteiger partial charge on any atom is 0.260 e. The summed E-state index contributed by atoms with van der Waals surface area (Å²) in [6.07, 6.45) is 0. The van der Waals surface area contributed by atoms with Gasteiger partial charge < -0.3 is 9.95 Å². The highest BCUT2D eigenvalue weighted by Gasteiger charge is 2.15. The lowest BCUT2D eigenvalue weighted by Gasteiger charge is -2.08. The van der Waals surface area contributed by atoms with E-state index < -0.39 is 11.7 Å². The first-order valence-corrected chi connectivity index (χ1v) is 5.11. The highest BCUT2D eigenvalue weighted by atomic mass is 19.1. The second kappa shape index (κ2) is 4.84. The Morgan fingerprint density at radius 1 is 1.50 bits per heavy atom. The molecule has 1 aromatic carbocycles. The normalized spacial score (nSPS) is 10.2. The van der Waals surface area contributed by atoms with E-state index >= 15 is 0 Å². The van der Waals surface area contributed by atoms with Crippen LogP contribution < -0.4 is 16.6 Å². The molecule has 0 atom stereocenters. The van der Waals surface area contributed by atoms with Crippen LogP contribution in [-0.4, -0.2) is 11.1 Å². The number of nitrogens with two attached hydrogens (primary N) is 1. The molecule has 0 aliphatic rings. The second-order valence-electron chi connectivity index (χ2n) is 3.59. The summed E-state index contributed by atoms with van der Waals surface area (Å²) in [5.41, 5.74) is 2.78. The molecule has 0 saturated heterocycles. The molecule has 0 unspecified atom stereocenters. The number of hydrogen-bond acceptors (Lipinski definition) is 5. The molecule has 2 rings (SSSR count). The van der Waals surface area contributed by atoms with Crippen LogP contribution in [0, 0.1) is 12.7 Å². The molecule has 18 heavy (non-hydrogen) atoms. The van der Waals surface area contributed by atoms with Crippen LogP contribution in [0.5, 0.6) is 0 Å². The average molecular weight is 250 g/mol. The van der Waals surface area contributed by atoms with E-state index in [1.54, 1.807) is 13.0 Å². The number of para-hydroxylation sites is 1. The number of amides is 1. The number of aromatic nitrogens is 1. The molecule has 94 valence electrons. The summed E-state index contributed by atoms with van der Waals surface area (Å²) in [6, 6.07) is 5.60. The smallest absolute Gasteiger partial charge is 0.260 e. The summed E-state index contributed by atoms with van der Waals surface area (Å²) >= 11 is 0. The van der Waals surface area contributed by atoms with Gasteiger partial charge >= 0.3 is 0 Å². The van der Waals surface area contributed by atoms with Gasteiger partial charge in [-0.15, -0.1) is 0 Å². The SMILES string of the molecule is Cc1cc(NC(=O)c2cccc(F)c2NN)on1. The number of hydrazine groups is 1. The molecule has 0 aliphatic carbocycles. The van der Waals surface area contributed by atoms with Crippen molar-refractivity contribution in [3.63, 3.8) is 0 Å². The molecule has 0 bridgehead atoms. The van der Waals surface area contributed by atoms with Crippen LogP contribution in [-0.2, 0) is 0 Å². The van der Waals surface area contributed by atoms with Gasteiger partial charge in [-0.1, -0.05) is 11.2 Å². The lowest BCUT2D eigenvalue weighted by molar-refractivity contribution is 0.102. The summed E-state index contributed by atoms with van der Waals surface area (Å²) in [5, 5.41) is 6.07. The average Bonchev–Trinajstić information content (AvgIpc) is 2.74. The summed E-state index contributed by atoms with van der Waals surface area (Å²) in [4.78, 5) is 11.9. The number of halogens is 1. The highest BCUT2D eigenvalue weighted by molar-refractivity contribution is 6.07. The fraction of sp³-hybridized carbons (Fsp3) is 0.0909. The number of benzene rings is 1. The van der Waals surface area contributed by atoms with E-state index in [0.29, 0.717) is 5.69 Å². The number of nitrogens with one attached hydrogen (secondary N) is 2. The Morgan fingerprint density at radius 3 is 2.89 bits per heavy atom. The van der Waals surface area contributed by atoms with Gasteiger partial charge in [-0.3, -0.25) is 16.0 Å². The van der Waals surface area contributed by atoms with E-state index in [-0.39, 0.29) is 17.1 Å². The van der Waals surface area contributed by atoms with Gasteiger partial charge in [0.1, 0.15) is 5.82 Å². The molecular formula is C11H11FN4O2. The predicted octanol–water partition coefficient (Wildman–Crippen LogP) is 1.66. The van der Waals surface area contributed by atoms with Gasteiger partial charge in [0.25, 0.3) is 5.91 Å². The summed E-state index contributed by atoms with van der Waals surface area (Å²) in [7, 11) is 0. The number of carbonyl (C=O) groups is 1. The van der Waals surface area contributed by atoms with Crippen LogP contribution in [0.15, 0.2) is 28.8 Å². The van der Waals surface area contributed by atoms with Crippen molar-refractivity contribution in [3.8, 4) is 0 Å². The van der Waals surface area contributed by atoms with E-state index in [1.165, 1.54) is 18.2 Å². The third-order valence-corrected chi connectivity index (χ3v) is 2.27. The molecule has 2 aromatic rings. The number of carbonyl (C=O) groups excluding carboxylic acids is 1. The van der Waals surface area contributed by atoms with Crippen molar-refractivity contribution in [2.24, 2.45) is 5.84 Å². The van der Waals surface area contributed by atoms with Gasteiger partial charge in [0.15, 0.2) is 0 Å². The second-order valence-corrected chi connectivity index (χ2v) is 3.59. The molecule has 0 fully saturated rings. The van der Waals surface area contributed by atoms with Gasteiger partial charge in [-0.05, 0) is 19.1 Å². The lowest BCUT2D eigenvalue weighted by atomic mass is 10.1. The quantitative estimate of drug-likeness (QED) is 0.569. The van der Waals surface area contributed by atoms with Crippen LogP contribution >= 0.6 is 0 Å². The van der Waals surface area contributed by atoms with Crippen LogP contribution in [0.1, 0.15) is 16.1 Å². The van der Waals surface area contributed by atoms with Crippen molar-refractivity contribution < 1.29 is 13.7 Å². The fourth-order valence-corrected chi connectivity index (χ4v) is 1.46. The van der Waals surface area contributed by atoms with Crippen molar-refractivity contribution in [2.45, 2.75) is 6.92 Å². The number of nitrogens with zero attached hydrogens (tertiary/aromatic N) is 1. The highest BCUT2D eigenvalue weighted by Crippen LogP contribution is 2.20. The van der Waals surface area contributed by atoms with Gasteiger partial charge in [-0.2, -0.15) is 0 Å². The molecular weight excluding hydrogens is 239 g/mol. The van der Waals surface area contributed by atoms with Crippen molar-refractivity contribution in [2.75, 3.05) is 10.7 Å². The fourth-order valence-electron chi connectivity index (χ4n) is 1.46. The van der Waals surface area contributed by atoms with E-state index in [0.717, 1.165) is 0 Å². The molecule has 1 amide bonds. The molecule has 4 N–H and O–H groups in total. The Hall–Kier alpha value is -2.41. The van der Waals surface area contributed by atoms with Gasteiger partial charge in [-0.25, -0.2) is 4.39 Å². The molecule has 7 heteroatoms. The Bertz CT molecular complexity index is 582. The van der Waals surface area contributed by atoms with Crippen molar-refractivity contribution >= 4 is 17.5 Å². The van der Waals surface area contributed by atoms with Gasteiger partial charge in [0, 0.05) is 6.07 Å². The number of rotatable bonds is 3. The van der Waals surface area contributed by atoms with Crippen LogP contribution in [0.3, 0.4) is 0 Å². The minimum Gasteiger partial charge on any atom is -0.338 e. The van der Waals surface area contributed by atoms with Crippen LogP contribution in [0.2, 0.25) is 0 Å².